The Morgan fingerprint density at radius 1 is 1.12 bits per heavy atom. The van der Waals surface area contributed by atoms with Gasteiger partial charge in [0.05, 0.1) is 5.92 Å². The third-order valence-corrected chi connectivity index (χ3v) is 4.64. The van der Waals surface area contributed by atoms with Crippen molar-refractivity contribution in [2.75, 3.05) is 5.32 Å². The van der Waals surface area contributed by atoms with E-state index in [1.54, 1.807) is 12.1 Å². The summed E-state index contributed by atoms with van der Waals surface area (Å²) in [6, 6.07) is 15.0. The summed E-state index contributed by atoms with van der Waals surface area (Å²) < 4.78 is 5.58. The minimum absolute atomic E-state index is 0.0836. The number of nitrogens with one attached hydrogen (secondary N) is 1. The molecule has 0 aliphatic heterocycles. The first-order chi connectivity index (χ1) is 12.0. The van der Waals surface area contributed by atoms with E-state index in [1.165, 1.54) is 0 Å². The van der Waals surface area contributed by atoms with Crippen LogP contribution >= 0.6 is 0 Å². The van der Waals surface area contributed by atoms with E-state index in [2.05, 4.69) is 5.32 Å². The number of aryl methyl sites for hydroxylation is 2. The van der Waals surface area contributed by atoms with Crippen LogP contribution in [0.5, 0.6) is 0 Å². The Bertz CT molecular complexity index is 785. The van der Waals surface area contributed by atoms with Crippen LogP contribution in [0.1, 0.15) is 36.1 Å². The highest BCUT2D eigenvalue weighted by Gasteiger charge is 2.42. The van der Waals surface area contributed by atoms with Gasteiger partial charge in [0.2, 0.25) is 6.10 Å². The highest BCUT2D eigenvalue weighted by atomic mass is 16.5. The van der Waals surface area contributed by atoms with Crippen molar-refractivity contribution < 1.29 is 14.3 Å². The lowest BCUT2D eigenvalue weighted by atomic mass is 10.1. The summed E-state index contributed by atoms with van der Waals surface area (Å²) in [5, 5.41) is 2.91. The molecule has 0 unspecified atom stereocenters. The van der Waals surface area contributed by atoms with Crippen molar-refractivity contribution in [3.05, 3.63) is 65.2 Å². The SMILES string of the molecule is Cc1ccc(C)c(NC(=O)[C@H](OC(=O)[C@H]2C[C@H]2C)c2ccccc2)c1. The second-order valence-corrected chi connectivity index (χ2v) is 6.85. The van der Waals surface area contributed by atoms with E-state index in [1.807, 2.05) is 57.2 Å². The Balaban J connectivity index is 1.81. The summed E-state index contributed by atoms with van der Waals surface area (Å²) >= 11 is 0. The Kier molecular flexibility index (Phi) is 4.88. The lowest BCUT2D eigenvalue weighted by Gasteiger charge is -2.19. The van der Waals surface area contributed by atoms with Crippen molar-refractivity contribution in [2.24, 2.45) is 11.8 Å². The van der Waals surface area contributed by atoms with E-state index in [9.17, 15) is 9.59 Å². The molecular formula is C21H23NO3. The van der Waals surface area contributed by atoms with Crippen molar-refractivity contribution in [3.63, 3.8) is 0 Å². The van der Waals surface area contributed by atoms with E-state index in [4.69, 9.17) is 4.74 Å². The monoisotopic (exact) mass is 337 g/mol. The molecule has 4 heteroatoms. The number of esters is 1. The molecule has 3 rings (SSSR count). The van der Waals surface area contributed by atoms with Gasteiger partial charge in [0.15, 0.2) is 0 Å². The molecule has 1 N–H and O–H groups in total. The molecular weight excluding hydrogens is 314 g/mol. The van der Waals surface area contributed by atoms with E-state index in [0.29, 0.717) is 11.5 Å². The number of benzene rings is 2. The van der Waals surface area contributed by atoms with E-state index in [-0.39, 0.29) is 17.8 Å². The maximum absolute atomic E-state index is 12.8. The molecule has 3 atom stereocenters. The topological polar surface area (TPSA) is 55.4 Å². The Morgan fingerprint density at radius 3 is 2.44 bits per heavy atom. The van der Waals surface area contributed by atoms with Crippen LogP contribution in [0.3, 0.4) is 0 Å². The zero-order chi connectivity index (χ0) is 18.0. The van der Waals surface area contributed by atoms with Gasteiger partial charge in [0, 0.05) is 11.3 Å². The molecule has 130 valence electrons. The minimum atomic E-state index is -0.943. The highest BCUT2D eigenvalue weighted by molar-refractivity contribution is 5.97. The van der Waals surface area contributed by atoms with Crippen LogP contribution in [0.15, 0.2) is 48.5 Å². The number of rotatable bonds is 5. The maximum atomic E-state index is 12.8. The largest absolute Gasteiger partial charge is 0.447 e. The van der Waals surface area contributed by atoms with Crippen molar-refractivity contribution in [1.82, 2.24) is 0 Å². The number of hydrogen-bond donors (Lipinski definition) is 1. The summed E-state index contributed by atoms with van der Waals surface area (Å²) in [4.78, 5) is 25.1. The third kappa shape index (κ3) is 4.08. The summed E-state index contributed by atoms with van der Waals surface area (Å²) in [7, 11) is 0. The van der Waals surface area contributed by atoms with Gasteiger partial charge in [-0.25, -0.2) is 0 Å². The number of hydrogen-bond acceptors (Lipinski definition) is 3. The number of anilines is 1. The fraction of sp³-hybridized carbons (Fsp3) is 0.333. The van der Waals surface area contributed by atoms with Crippen molar-refractivity contribution >= 4 is 17.6 Å². The molecule has 2 aromatic carbocycles. The first-order valence-corrected chi connectivity index (χ1v) is 8.59. The molecule has 0 heterocycles. The highest BCUT2D eigenvalue weighted by Crippen LogP contribution is 2.40. The van der Waals surface area contributed by atoms with Crippen LogP contribution < -0.4 is 5.32 Å². The molecule has 0 spiro atoms. The molecule has 2 aromatic rings. The van der Waals surface area contributed by atoms with Crippen molar-refractivity contribution in [1.29, 1.82) is 0 Å². The lowest BCUT2D eigenvalue weighted by Crippen LogP contribution is -2.27. The molecule has 25 heavy (non-hydrogen) atoms. The van der Waals surface area contributed by atoms with Gasteiger partial charge in [-0.05, 0) is 43.4 Å². The summed E-state index contributed by atoms with van der Waals surface area (Å²) in [5.41, 5.74) is 3.43. The lowest BCUT2D eigenvalue weighted by molar-refractivity contribution is -0.156. The number of amides is 1. The molecule has 4 nitrogen and oxygen atoms in total. The predicted octanol–water partition coefficient (Wildman–Crippen LogP) is 4.18. The third-order valence-electron chi connectivity index (χ3n) is 4.64. The van der Waals surface area contributed by atoms with Crippen LogP contribution in [0, 0.1) is 25.7 Å². The van der Waals surface area contributed by atoms with E-state index >= 15 is 0 Å². The fourth-order valence-corrected chi connectivity index (χ4v) is 2.82. The fourth-order valence-electron chi connectivity index (χ4n) is 2.82. The number of carbonyl (C=O) groups is 2. The van der Waals surface area contributed by atoms with Crippen molar-refractivity contribution in [2.45, 2.75) is 33.3 Å². The quantitative estimate of drug-likeness (QED) is 0.833. The summed E-state index contributed by atoms with van der Waals surface area (Å²) in [6.07, 6.45) is -0.111. The second-order valence-electron chi connectivity index (χ2n) is 6.85. The van der Waals surface area contributed by atoms with Gasteiger partial charge < -0.3 is 10.1 Å². The van der Waals surface area contributed by atoms with Gasteiger partial charge in [-0.2, -0.15) is 0 Å². The normalized spacial score (nSPS) is 19.8. The molecule has 1 aliphatic carbocycles. The van der Waals surface area contributed by atoms with Gasteiger partial charge in [-0.3, -0.25) is 9.59 Å². The molecule has 1 aliphatic rings. The smallest absolute Gasteiger partial charge is 0.310 e. The predicted molar refractivity (Wildman–Crippen MR) is 97.1 cm³/mol. The molecule has 1 saturated carbocycles. The first-order valence-electron chi connectivity index (χ1n) is 8.59. The summed E-state index contributed by atoms with van der Waals surface area (Å²) in [6.45, 7) is 5.92. The average Bonchev–Trinajstić information content (AvgIpc) is 3.33. The van der Waals surface area contributed by atoms with Gasteiger partial charge in [-0.15, -0.1) is 0 Å². The minimum Gasteiger partial charge on any atom is -0.447 e. The molecule has 0 radical (unpaired) electrons. The maximum Gasteiger partial charge on any atom is 0.310 e. The van der Waals surface area contributed by atoms with Crippen LogP contribution in [-0.4, -0.2) is 11.9 Å². The Hall–Kier alpha value is -2.62. The van der Waals surface area contributed by atoms with Gasteiger partial charge in [-0.1, -0.05) is 49.4 Å². The van der Waals surface area contributed by atoms with Gasteiger partial charge in [0.25, 0.3) is 5.91 Å². The van der Waals surface area contributed by atoms with E-state index in [0.717, 1.165) is 23.2 Å². The van der Waals surface area contributed by atoms with Gasteiger partial charge >= 0.3 is 5.97 Å². The average molecular weight is 337 g/mol. The van der Waals surface area contributed by atoms with Crippen LogP contribution in [0.4, 0.5) is 5.69 Å². The molecule has 0 aromatic heterocycles. The molecule has 1 fully saturated rings. The van der Waals surface area contributed by atoms with Crippen molar-refractivity contribution in [3.8, 4) is 0 Å². The van der Waals surface area contributed by atoms with Crippen LogP contribution in [0.2, 0.25) is 0 Å². The zero-order valence-corrected chi connectivity index (χ0v) is 14.8. The molecule has 0 bridgehead atoms. The number of carbonyl (C=O) groups excluding carboxylic acids is 2. The standard InChI is InChI=1S/C21H23NO3/c1-13-9-10-14(2)18(11-13)22-20(23)19(16-7-5-4-6-8-16)25-21(24)17-12-15(17)3/h4-11,15,17,19H,12H2,1-3H3,(H,22,23)/t15-,17+,19-/m1/s1. The molecule has 0 saturated heterocycles. The second kappa shape index (κ2) is 7.09. The van der Waals surface area contributed by atoms with Crippen LogP contribution in [-0.2, 0) is 14.3 Å². The zero-order valence-electron chi connectivity index (χ0n) is 14.8. The van der Waals surface area contributed by atoms with E-state index < -0.39 is 6.10 Å². The number of ether oxygens (including phenoxy) is 1. The Labute approximate surface area is 148 Å². The van der Waals surface area contributed by atoms with Crippen LogP contribution in [0.25, 0.3) is 0 Å². The Morgan fingerprint density at radius 2 is 1.80 bits per heavy atom. The van der Waals surface area contributed by atoms with Gasteiger partial charge in [0.1, 0.15) is 0 Å². The molecule has 1 amide bonds. The summed E-state index contributed by atoms with van der Waals surface area (Å²) in [5.74, 6) is -0.371. The first kappa shape index (κ1) is 17.2.